The number of phenols is 1. The van der Waals surface area contributed by atoms with Gasteiger partial charge in [0.2, 0.25) is 0 Å². The molecule has 0 aromatic heterocycles. The van der Waals surface area contributed by atoms with Gasteiger partial charge in [0, 0.05) is 17.4 Å². The van der Waals surface area contributed by atoms with Crippen molar-refractivity contribution in [3.63, 3.8) is 0 Å². The minimum atomic E-state index is 0.109. The van der Waals surface area contributed by atoms with Crippen molar-refractivity contribution < 1.29 is 14.6 Å². The quantitative estimate of drug-likeness (QED) is 0.437. The highest BCUT2D eigenvalue weighted by molar-refractivity contribution is 5.51. The topological polar surface area (TPSA) is 41.9 Å². The van der Waals surface area contributed by atoms with E-state index in [4.69, 9.17) is 9.47 Å². The van der Waals surface area contributed by atoms with E-state index in [0.29, 0.717) is 6.61 Å². The number of benzene rings is 3. The molecule has 2 atom stereocenters. The van der Waals surface area contributed by atoms with Crippen molar-refractivity contribution in [2.75, 3.05) is 32.8 Å². The Labute approximate surface area is 196 Å². The number of rotatable bonds is 8. The third kappa shape index (κ3) is 5.17. The van der Waals surface area contributed by atoms with Crippen LogP contribution in [0.2, 0.25) is 0 Å². The van der Waals surface area contributed by atoms with Crippen LogP contribution in [0.4, 0.5) is 0 Å². The SMILES string of the molecule is Oc1ccc2c(c1)[C@H](c1ccc(OCCCCN3CCCC3)cc1)[C@H](c1ccccc1)CO2. The van der Waals surface area contributed by atoms with Gasteiger partial charge in [-0.05, 0) is 86.8 Å². The number of hydrogen-bond donors (Lipinski definition) is 1. The monoisotopic (exact) mass is 443 g/mol. The normalized spacial score (nSPS) is 20.2. The van der Waals surface area contributed by atoms with E-state index in [1.165, 1.54) is 50.0 Å². The van der Waals surface area contributed by atoms with Crippen LogP contribution < -0.4 is 9.47 Å². The van der Waals surface area contributed by atoms with Gasteiger partial charge in [-0.25, -0.2) is 0 Å². The maximum Gasteiger partial charge on any atom is 0.123 e. The van der Waals surface area contributed by atoms with Crippen LogP contribution in [-0.4, -0.2) is 42.9 Å². The lowest BCUT2D eigenvalue weighted by Gasteiger charge is -2.34. The van der Waals surface area contributed by atoms with Gasteiger partial charge in [0.15, 0.2) is 0 Å². The van der Waals surface area contributed by atoms with E-state index in [-0.39, 0.29) is 17.6 Å². The van der Waals surface area contributed by atoms with Crippen molar-refractivity contribution in [2.45, 2.75) is 37.5 Å². The molecule has 0 aliphatic carbocycles. The van der Waals surface area contributed by atoms with Crippen LogP contribution in [0.3, 0.4) is 0 Å². The molecule has 3 aromatic rings. The number of hydrogen-bond acceptors (Lipinski definition) is 4. The zero-order valence-corrected chi connectivity index (χ0v) is 19.2. The van der Waals surface area contributed by atoms with Crippen LogP contribution in [-0.2, 0) is 0 Å². The molecule has 0 radical (unpaired) electrons. The summed E-state index contributed by atoms with van der Waals surface area (Å²) < 4.78 is 12.1. The van der Waals surface area contributed by atoms with E-state index in [2.05, 4.69) is 53.4 Å². The Morgan fingerprint density at radius 1 is 0.879 bits per heavy atom. The molecule has 1 N–H and O–H groups in total. The Hall–Kier alpha value is -2.98. The molecule has 0 bridgehead atoms. The smallest absolute Gasteiger partial charge is 0.123 e. The fourth-order valence-corrected chi connectivity index (χ4v) is 5.21. The van der Waals surface area contributed by atoms with E-state index in [1.807, 2.05) is 18.2 Å². The Morgan fingerprint density at radius 2 is 1.67 bits per heavy atom. The fourth-order valence-electron chi connectivity index (χ4n) is 5.21. The second-order valence-corrected chi connectivity index (χ2v) is 9.20. The molecule has 0 saturated carbocycles. The van der Waals surface area contributed by atoms with Gasteiger partial charge in [-0.1, -0.05) is 42.5 Å². The molecule has 0 amide bonds. The van der Waals surface area contributed by atoms with Gasteiger partial charge in [0.1, 0.15) is 17.2 Å². The molecular formula is C29H33NO3. The molecule has 0 unspecified atom stereocenters. The van der Waals surface area contributed by atoms with E-state index < -0.39 is 0 Å². The van der Waals surface area contributed by atoms with Gasteiger partial charge < -0.3 is 19.5 Å². The van der Waals surface area contributed by atoms with Crippen molar-refractivity contribution in [3.8, 4) is 17.2 Å². The third-order valence-electron chi connectivity index (χ3n) is 6.95. The minimum Gasteiger partial charge on any atom is -0.508 e. The fraction of sp³-hybridized carbons (Fsp3) is 0.379. The summed E-state index contributed by atoms with van der Waals surface area (Å²) in [4.78, 5) is 2.56. The van der Waals surface area contributed by atoms with Crippen molar-refractivity contribution in [1.82, 2.24) is 4.90 Å². The minimum absolute atomic E-state index is 0.109. The molecule has 1 fully saturated rings. The summed E-state index contributed by atoms with van der Waals surface area (Å²) in [6, 6.07) is 24.4. The lowest BCUT2D eigenvalue weighted by atomic mass is 9.76. The molecule has 2 aliphatic heterocycles. The summed E-state index contributed by atoms with van der Waals surface area (Å²) >= 11 is 0. The number of nitrogens with zero attached hydrogens (tertiary/aromatic N) is 1. The van der Waals surface area contributed by atoms with E-state index in [1.54, 1.807) is 6.07 Å². The maximum atomic E-state index is 10.2. The predicted molar refractivity (Wildman–Crippen MR) is 131 cm³/mol. The average molecular weight is 444 g/mol. The Morgan fingerprint density at radius 3 is 2.45 bits per heavy atom. The van der Waals surface area contributed by atoms with Crippen LogP contribution in [0.15, 0.2) is 72.8 Å². The molecule has 1 saturated heterocycles. The highest BCUT2D eigenvalue weighted by Gasteiger charge is 2.33. The zero-order chi connectivity index (χ0) is 22.5. The number of likely N-dealkylation sites (tertiary alicyclic amines) is 1. The summed E-state index contributed by atoms with van der Waals surface area (Å²) in [7, 11) is 0. The van der Waals surface area contributed by atoms with Crippen LogP contribution >= 0.6 is 0 Å². The van der Waals surface area contributed by atoms with Crippen LogP contribution in [0.25, 0.3) is 0 Å². The molecule has 4 nitrogen and oxygen atoms in total. The first-order valence-corrected chi connectivity index (χ1v) is 12.2. The van der Waals surface area contributed by atoms with E-state index in [9.17, 15) is 5.11 Å². The number of ether oxygens (including phenoxy) is 2. The molecule has 4 heteroatoms. The summed E-state index contributed by atoms with van der Waals surface area (Å²) in [6.07, 6.45) is 4.98. The van der Waals surface area contributed by atoms with Gasteiger partial charge >= 0.3 is 0 Å². The van der Waals surface area contributed by atoms with Crippen LogP contribution in [0, 0.1) is 0 Å². The largest absolute Gasteiger partial charge is 0.508 e. The highest BCUT2D eigenvalue weighted by Crippen LogP contribution is 2.47. The van der Waals surface area contributed by atoms with Crippen molar-refractivity contribution in [2.24, 2.45) is 0 Å². The van der Waals surface area contributed by atoms with Crippen LogP contribution in [0.1, 0.15) is 54.2 Å². The summed E-state index contributed by atoms with van der Waals surface area (Å²) in [5, 5.41) is 10.2. The summed E-state index contributed by atoms with van der Waals surface area (Å²) in [5.41, 5.74) is 3.49. The summed E-state index contributed by atoms with van der Waals surface area (Å²) in [6.45, 7) is 5.09. The molecule has 5 rings (SSSR count). The van der Waals surface area contributed by atoms with Crippen molar-refractivity contribution >= 4 is 0 Å². The lowest BCUT2D eigenvalue weighted by Crippen LogP contribution is -2.25. The first-order chi connectivity index (χ1) is 16.3. The van der Waals surface area contributed by atoms with Gasteiger partial charge in [-0.3, -0.25) is 0 Å². The van der Waals surface area contributed by atoms with Gasteiger partial charge in [-0.2, -0.15) is 0 Å². The van der Waals surface area contributed by atoms with Gasteiger partial charge in [0.25, 0.3) is 0 Å². The number of aromatic hydroxyl groups is 1. The number of unbranched alkanes of at least 4 members (excludes halogenated alkanes) is 1. The highest BCUT2D eigenvalue weighted by atomic mass is 16.5. The third-order valence-corrected chi connectivity index (χ3v) is 6.95. The van der Waals surface area contributed by atoms with Gasteiger partial charge in [-0.15, -0.1) is 0 Å². The number of fused-ring (bicyclic) bond motifs is 1. The molecule has 33 heavy (non-hydrogen) atoms. The molecule has 2 aliphatic rings. The first kappa shape index (κ1) is 21.8. The molecular weight excluding hydrogens is 410 g/mol. The second-order valence-electron chi connectivity index (χ2n) is 9.20. The number of phenolic OH excluding ortho intramolecular Hbond substituents is 1. The van der Waals surface area contributed by atoms with Gasteiger partial charge in [0.05, 0.1) is 13.2 Å². The van der Waals surface area contributed by atoms with Crippen molar-refractivity contribution in [1.29, 1.82) is 0 Å². The standard InChI is InChI=1S/C29H33NO3/c31-24-12-15-28-26(20-24)29(27(21-33-28)22-8-2-1-3-9-22)23-10-13-25(14-11-23)32-19-7-6-18-30-16-4-5-17-30/h1-3,8-15,20,27,29,31H,4-7,16-19,21H2/t27-,29-/m0/s1. The van der Waals surface area contributed by atoms with E-state index >= 15 is 0 Å². The Balaban J connectivity index is 1.29. The zero-order valence-electron chi connectivity index (χ0n) is 19.2. The summed E-state index contributed by atoms with van der Waals surface area (Å²) in [5.74, 6) is 2.32. The maximum absolute atomic E-state index is 10.2. The molecule has 0 spiro atoms. The Bertz CT molecular complexity index is 1030. The molecule has 172 valence electrons. The lowest BCUT2D eigenvalue weighted by molar-refractivity contribution is 0.248. The van der Waals surface area contributed by atoms with Crippen molar-refractivity contribution in [3.05, 3.63) is 89.5 Å². The van der Waals surface area contributed by atoms with E-state index in [0.717, 1.165) is 30.1 Å². The first-order valence-electron chi connectivity index (χ1n) is 12.2. The molecule has 3 aromatic carbocycles. The average Bonchev–Trinajstić information content (AvgIpc) is 3.38. The van der Waals surface area contributed by atoms with Crippen LogP contribution in [0.5, 0.6) is 17.2 Å². The molecule has 2 heterocycles. The second kappa shape index (κ2) is 10.3. The predicted octanol–water partition coefficient (Wildman–Crippen LogP) is 5.96. The Kier molecular flexibility index (Phi) is 6.82.